The fourth-order valence-corrected chi connectivity index (χ4v) is 2.51. The van der Waals surface area contributed by atoms with Crippen molar-refractivity contribution < 1.29 is 4.74 Å². The van der Waals surface area contributed by atoms with E-state index < -0.39 is 0 Å². The van der Waals surface area contributed by atoms with Crippen molar-refractivity contribution >= 4 is 5.69 Å². The van der Waals surface area contributed by atoms with E-state index in [2.05, 4.69) is 29.2 Å². The van der Waals surface area contributed by atoms with Crippen LogP contribution in [0.3, 0.4) is 0 Å². The second-order valence-electron chi connectivity index (χ2n) is 4.79. The molecule has 0 aliphatic carbocycles. The molecule has 1 aromatic carbocycles. The molecular weight excluding hydrogens is 212 g/mol. The van der Waals surface area contributed by atoms with Gasteiger partial charge in [-0.3, -0.25) is 0 Å². The topological polar surface area (TPSA) is 38.5 Å². The Hall–Kier alpha value is -1.06. The van der Waals surface area contributed by atoms with Crippen LogP contribution in [0.4, 0.5) is 5.69 Å². The maximum atomic E-state index is 6.03. The molecule has 0 saturated carbocycles. The molecule has 3 nitrogen and oxygen atoms in total. The van der Waals surface area contributed by atoms with Crippen LogP contribution in [0.5, 0.6) is 0 Å². The van der Waals surface area contributed by atoms with Crippen LogP contribution in [0.2, 0.25) is 0 Å². The minimum atomic E-state index is 0.0779. The number of anilines is 1. The summed E-state index contributed by atoms with van der Waals surface area (Å²) in [4.78, 5) is 2.40. The largest absolute Gasteiger partial charge is 0.380 e. The molecule has 3 heteroatoms. The molecule has 1 unspecified atom stereocenters. The number of nitrogens with two attached hydrogens (primary N) is 1. The van der Waals surface area contributed by atoms with Crippen molar-refractivity contribution in [3.8, 4) is 0 Å². The third-order valence-corrected chi connectivity index (χ3v) is 3.48. The van der Waals surface area contributed by atoms with E-state index in [1.807, 2.05) is 6.92 Å². The Morgan fingerprint density at radius 3 is 2.88 bits per heavy atom. The van der Waals surface area contributed by atoms with E-state index in [9.17, 15) is 0 Å². The summed E-state index contributed by atoms with van der Waals surface area (Å²) in [6.07, 6.45) is 2.70. The van der Waals surface area contributed by atoms with Gasteiger partial charge in [-0.1, -0.05) is 18.2 Å². The smallest absolute Gasteiger partial charge is 0.0746 e. The third kappa shape index (κ3) is 2.79. The highest BCUT2D eigenvalue weighted by Crippen LogP contribution is 2.28. The molecular formula is C14H22N2O. The van der Waals surface area contributed by atoms with Gasteiger partial charge in [0.15, 0.2) is 0 Å². The van der Waals surface area contributed by atoms with Crippen LogP contribution in [0.15, 0.2) is 24.3 Å². The predicted octanol–water partition coefficient (Wildman–Crippen LogP) is 2.32. The molecule has 1 aliphatic heterocycles. The zero-order valence-electron chi connectivity index (χ0n) is 10.7. The van der Waals surface area contributed by atoms with Crippen molar-refractivity contribution in [1.82, 2.24) is 0 Å². The highest BCUT2D eigenvalue weighted by atomic mass is 16.5. The van der Waals surface area contributed by atoms with Crippen LogP contribution in [-0.4, -0.2) is 26.3 Å². The minimum absolute atomic E-state index is 0.0779. The van der Waals surface area contributed by atoms with Crippen LogP contribution in [-0.2, 0) is 4.74 Å². The van der Waals surface area contributed by atoms with Crippen LogP contribution >= 0.6 is 0 Å². The van der Waals surface area contributed by atoms with Gasteiger partial charge in [0, 0.05) is 31.9 Å². The zero-order valence-corrected chi connectivity index (χ0v) is 10.7. The molecule has 0 bridgehead atoms. The number of nitrogens with zero attached hydrogens (tertiary/aromatic N) is 1. The lowest BCUT2D eigenvalue weighted by Gasteiger charge is -2.35. The molecule has 0 radical (unpaired) electrons. The van der Waals surface area contributed by atoms with Gasteiger partial charge in [0.25, 0.3) is 0 Å². The molecule has 94 valence electrons. The summed E-state index contributed by atoms with van der Waals surface area (Å²) < 4.78 is 5.47. The van der Waals surface area contributed by atoms with E-state index in [4.69, 9.17) is 10.5 Å². The first-order valence-corrected chi connectivity index (χ1v) is 6.34. The third-order valence-electron chi connectivity index (χ3n) is 3.48. The number of hydrogen-bond acceptors (Lipinski definition) is 3. The molecule has 1 aromatic rings. The first-order chi connectivity index (χ1) is 8.22. The maximum Gasteiger partial charge on any atom is 0.0746 e. The number of piperidine rings is 1. The van der Waals surface area contributed by atoms with E-state index in [1.54, 1.807) is 7.11 Å². The molecule has 0 aromatic heterocycles. The second kappa shape index (κ2) is 5.52. The van der Waals surface area contributed by atoms with E-state index >= 15 is 0 Å². The molecule has 1 heterocycles. The fraction of sp³-hybridized carbons (Fsp3) is 0.571. The number of hydrogen-bond donors (Lipinski definition) is 1. The average Bonchev–Trinajstić information content (AvgIpc) is 2.39. The van der Waals surface area contributed by atoms with Crippen molar-refractivity contribution in [2.45, 2.75) is 31.9 Å². The van der Waals surface area contributed by atoms with Gasteiger partial charge in [-0.15, -0.1) is 0 Å². The zero-order chi connectivity index (χ0) is 12.3. The first kappa shape index (κ1) is 12.4. The molecule has 2 rings (SSSR count). The molecule has 0 amide bonds. The van der Waals surface area contributed by atoms with Crippen LogP contribution in [0.1, 0.15) is 31.4 Å². The summed E-state index contributed by atoms with van der Waals surface area (Å²) in [5, 5.41) is 0. The van der Waals surface area contributed by atoms with E-state index in [1.165, 1.54) is 17.7 Å². The van der Waals surface area contributed by atoms with Gasteiger partial charge in [-0.05, 0) is 31.4 Å². The summed E-state index contributed by atoms with van der Waals surface area (Å²) in [6, 6.07) is 8.50. The van der Waals surface area contributed by atoms with E-state index in [0.717, 1.165) is 19.5 Å². The molecule has 1 saturated heterocycles. The Morgan fingerprint density at radius 2 is 2.18 bits per heavy atom. The van der Waals surface area contributed by atoms with Crippen molar-refractivity contribution in [3.05, 3.63) is 29.8 Å². The van der Waals surface area contributed by atoms with Crippen LogP contribution in [0, 0.1) is 0 Å². The summed E-state index contributed by atoms with van der Waals surface area (Å²) in [7, 11) is 1.80. The highest BCUT2D eigenvalue weighted by molar-refractivity contribution is 5.55. The Kier molecular flexibility index (Phi) is 4.02. The van der Waals surface area contributed by atoms with Gasteiger partial charge in [-0.2, -0.15) is 0 Å². The molecule has 1 aliphatic rings. The molecule has 2 N–H and O–H groups in total. The van der Waals surface area contributed by atoms with Crippen molar-refractivity contribution in [3.63, 3.8) is 0 Å². The van der Waals surface area contributed by atoms with Crippen molar-refractivity contribution in [2.24, 2.45) is 5.73 Å². The Morgan fingerprint density at radius 1 is 1.41 bits per heavy atom. The van der Waals surface area contributed by atoms with Crippen LogP contribution < -0.4 is 10.6 Å². The average molecular weight is 234 g/mol. The van der Waals surface area contributed by atoms with Crippen LogP contribution in [0.25, 0.3) is 0 Å². The SMILES string of the molecule is COC1CCCN(c2ccccc2[C@@H](C)N)C1. The highest BCUT2D eigenvalue weighted by Gasteiger charge is 2.21. The van der Waals surface area contributed by atoms with Crippen molar-refractivity contribution in [2.75, 3.05) is 25.1 Å². The monoisotopic (exact) mass is 234 g/mol. The number of methoxy groups -OCH3 is 1. The van der Waals surface area contributed by atoms with E-state index in [0.29, 0.717) is 6.10 Å². The van der Waals surface area contributed by atoms with Crippen molar-refractivity contribution in [1.29, 1.82) is 0 Å². The lowest BCUT2D eigenvalue weighted by molar-refractivity contribution is 0.0893. The Labute approximate surface area is 104 Å². The second-order valence-corrected chi connectivity index (χ2v) is 4.79. The number of para-hydroxylation sites is 1. The quantitative estimate of drug-likeness (QED) is 0.872. The predicted molar refractivity (Wildman–Crippen MR) is 71.3 cm³/mol. The molecule has 0 spiro atoms. The summed E-state index contributed by atoms with van der Waals surface area (Å²) >= 11 is 0. The molecule has 1 fully saturated rings. The number of rotatable bonds is 3. The lowest BCUT2D eigenvalue weighted by atomic mass is 10.0. The summed E-state index contributed by atoms with van der Waals surface area (Å²) in [5.41, 5.74) is 8.52. The minimum Gasteiger partial charge on any atom is -0.380 e. The fourth-order valence-electron chi connectivity index (χ4n) is 2.51. The summed E-state index contributed by atoms with van der Waals surface area (Å²) in [6.45, 7) is 4.11. The molecule has 17 heavy (non-hydrogen) atoms. The summed E-state index contributed by atoms with van der Waals surface area (Å²) in [5.74, 6) is 0. The normalized spacial score (nSPS) is 22.5. The Bertz CT molecular complexity index is 365. The van der Waals surface area contributed by atoms with Gasteiger partial charge >= 0.3 is 0 Å². The van der Waals surface area contributed by atoms with Gasteiger partial charge in [0.1, 0.15) is 0 Å². The van der Waals surface area contributed by atoms with Gasteiger partial charge in [-0.25, -0.2) is 0 Å². The lowest BCUT2D eigenvalue weighted by Crippen LogP contribution is -2.39. The first-order valence-electron chi connectivity index (χ1n) is 6.34. The maximum absolute atomic E-state index is 6.03. The van der Waals surface area contributed by atoms with Gasteiger partial charge in [0.2, 0.25) is 0 Å². The number of benzene rings is 1. The van der Waals surface area contributed by atoms with Gasteiger partial charge in [0.05, 0.1) is 6.10 Å². The standard InChI is InChI=1S/C14H22N2O/c1-11(15)13-7-3-4-8-14(13)16-9-5-6-12(10-16)17-2/h3-4,7-8,11-12H,5-6,9-10,15H2,1-2H3/t11-,12?/m1/s1. The van der Waals surface area contributed by atoms with Gasteiger partial charge < -0.3 is 15.4 Å². The Balaban J connectivity index is 2.21. The number of ether oxygens (including phenoxy) is 1. The molecule has 2 atom stereocenters. The van der Waals surface area contributed by atoms with E-state index in [-0.39, 0.29) is 6.04 Å².